The average molecular weight is 240 g/mol. The molecule has 0 amide bonds. The Bertz CT molecular complexity index is 740. The molecule has 3 aromatic rings. The standard InChI is InChI=1S/C14H16N4/c1-8(2)18-7-10-12-9(3)5-4-6-11(12)16-14(15)13(10)17-18/h4-8H,1-3H3,(H2,15,16). The molecule has 0 saturated heterocycles. The third kappa shape index (κ3) is 1.45. The summed E-state index contributed by atoms with van der Waals surface area (Å²) in [5.74, 6) is 0.502. The second-order valence-corrected chi connectivity index (χ2v) is 4.93. The topological polar surface area (TPSA) is 56.7 Å². The normalized spacial score (nSPS) is 11.8. The quantitative estimate of drug-likeness (QED) is 0.711. The van der Waals surface area contributed by atoms with Gasteiger partial charge in [-0.2, -0.15) is 5.10 Å². The van der Waals surface area contributed by atoms with E-state index in [-0.39, 0.29) is 0 Å². The van der Waals surface area contributed by atoms with E-state index in [1.165, 1.54) is 5.56 Å². The van der Waals surface area contributed by atoms with Gasteiger partial charge in [-0.15, -0.1) is 0 Å². The number of nitrogens with zero attached hydrogens (tertiary/aromatic N) is 3. The number of aryl methyl sites for hydroxylation is 1. The monoisotopic (exact) mass is 240 g/mol. The van der Waals surface area contributed by atoms with Crippen LogP contribution in [0.3, 0.4) is 0 Å². The van der Waals surface area contributed by atoms with E-state index in [1.54, 1.807) is 0 Å². The molecule has 0 aliphatic heterocycles. The third-order valence-corrected chi connectivity index (χ3v) is 3.26. The molecule has 2 aromatic heterocycles. The number of nitrogens with two attached hydrogens (primary N) is 1. The zero-order valence-corrected chi connectivity index (χ0v) is 10.8. The van der Waals surface area contributed by atoms with Crippen molar-refractivity contribution in [2.75, 3.05) is 5.73 Å². The van der Waals surface area contributed by atoms with Gasteiger partial charge in [0.15, 0.2) is 5.82 Å². The number of aromatic nitrogens is 3. The highest BCUT2D eigenvalue weighted by Crippen LogP contribution is 2.29. The van der Waals surface area contributed by atoms with Crippen LogP contribution in [0.1, 0.15) is 25.5 Å². The van der Waals surface area contributed by atoms with Crippen LogP contribution in [0, 0.1) is 6.92 Å². The summed E-state index contributed by atoms with van der Waals surface area (Å²) in [6.45, 7) is 6.29. The van der Waals surface area contributed by atoms with E-state index in [4.69, 9.17) is 5.73 Å². The predicted molar refractivity (Wildman–Crippen MR) is 74.6 cm³/mol. The lowest BCUT2D eigenvalue weighted by Gasteiger charge is -2.03. The molecule has 1 aromatic carbocycles. The largest absolute Gasteiger partial charge is 0.382 e. The number of hydrogen-bond acceptors (Lipinski definition) is 3. The molecule has 0 radical (unpaired) electrons. The fraction of sp³-hybridized carbons (Fsp3) is 0.286. The van der Waals surface area contributed by atoms with Crippen LogP contribution in [0.5, 0.6) is 0 Å². The van der Waals surface area contributed by atoms with Crippen LogP contribution < -0.4 is 5.73 Å². The van der Waals surface area contributed by atoms with Gasteiger partial charge in [0.1, 0.15) is 5.52 Å². The molecular weight excluding hydrogens is 224 g/mol. The fourth-order valence-corrected chi connectivity index (χ4v) is 2.31. The van der Waals surface area contributed by atoms with Gasteiger partial charge in [0.05, 0.1) is 5.52 Å². The summed E-state index contributed by atoms with van der Waals surface area (Å²) in [6.07, 6.45) is 2.06. The fourth-order valence-electron chi connectivity index (χ4n) is 2.31. The van der Waals surface area contributed by atoms with E-state index < -0.39 is 0 Å². The van der Waals surface area contributed by atoms with Gasteiger partial charge in [0.2, 0.25) is 0 Å². The van der Waals surface area contributed by atoms with Crippen molar-refractivity contribution in [1.82, 2.24) is 14.8 Å². The summed E-state index contributed by atoms with van der Waals surface area (Å²) in [6, 6.07) is 6.40. The highest BCUT2D eigenvalue weighted by Gasteiger charge is 2.12. The molecule has 0 unspecified atom stereocenters. The zero-order chi connectivity index (χ0) is 12.9. The molecule has 92 valence electrons. The Morgan fingerprint density at radius 1 is 1.28 bits per heavy atom. The van der Waals surface area contributed by atoms with Crippen LogP contribution in [0.15, 0.2) is 24.4 Å². The van der Waals surface area contributed by atoms with Gasteiger partial charge in [0.25, 0.3) is 0 Å². The maximum Gasteiger partial charge on any atom is 0.152 e. The molecule has 0 aliphatic rings. The minimum Gasteiger partial charge on any atom is -0.382 e. The van der Waals surface area contributed by atoms with Crippen molar-refractivity contribution in [2.45, 2.75) is 26.8 Å². The van der Waals surface area contributed by atoms with E-state index in [9.17, 15) is 0 Å². The van der Waals surface area contributed by atoms with Crippen LogP contribution in [0.4, 0.5) is 5.82 Å². The first-order valence-corrected chi connectivity index (χ1v) is 6.11. The molecule has 3 rings (SSSR count). The van der Waals surface area contributed by atoms with Gasteiger partial charge in [-0.25, -0.2) is 4.98 Å². The van der Waals surface area contributed by atoms with E-state index in [1.807, 2.05) is 16.8 Å². The Labute approximate surface area is 105 Å². The molecule has 0 spiro atoms. The highest BCUT2D eigenvalue weighted by atomic mass is 15.3. The third-order valence-electron chi connectivity index (χ3n) is 3.26. The first-order valence-electron chi connectivity index (χ1n) is 6.11. The van der Waals surface area contributed by atoms with E-state index in [0.29, 0.717) is 11.9 Å². The second kappa shape index (κ2) is 3.70. The predicted octanol–water partition coefficient (Wildman–Crippen LogP) is 3.06. The van der Waals surface area contributed by atoms with Crippen molar-refractivity contribution < 1.29 is 0 Å². The number of fused-ring (bicyclic) bond motifs is 3. The van der Waals surface area contributed by atoms with Crippen molar-refractivity contribution in [3.8, 4) is 0 Å². The smallest absolute Gasteiger partial charge is 0.152 e. The summed E-state index contributed by atoms with van der Waals surface area (Å²) in [5.41, 5.74) is 8.93. The summed E-state index contributed by atoms with van der Waals surface area (Å²) in [4.78, 5) is 4.44. The molecule has 2 heterocycles. The number of benzene rings is 1. The molecule has 4 nitrogen and oxygen atoms in total. The first kappa shape index (κ1) is 11.0. The van der Waals surface area contributed by atoms with E-state index >= 15 is 0 Å². The first-order chi connectivity index (χ1) is 8.58. The minimum absolute atomic E-state index is 0.316. The molecule has 0 bridgehead atoms. The molecule has 18 heavy (non-hydrogen) atoms. The van der Waals surface area contributed by atoms with Crippen LogP contribution in [-0.4, -0.2) is 14.8 Å². The van der Waals surface area contributed by atoms with Crippen LogP contribution in [-0.2, 0) is 0 Å². The Morgan fingerprint density at radius 2 is 2.06 bits per heavy atom. The summed E-state index contributed by atoms with van der Waals surface area (Å²) >= 11 is 0. The van der Waals surface area contributed by atoms with Crippen molar-refractivity contribution in [3.63, 3.8) is 0 Å². The Hall–Kier alpha value is -2.10. The van der Waals surface area contributed by atoms with Gasteiger partial charge in [0, 0.05) is 23.0 Å². The molecular formula is C14H16N4. The maximum atomic E-state index is 6.00. The Morgan fingerprint density at radius 3 is 2.78 bits per heavy atom. The average Bonchev–Trinajstić information content (AvgIpc) is 2.74. The number of rotatable bonds is 1. The Kier molecular flexibility index (Phi) is 2.26. The van der Waals surface area contributed by atoms with Crippen LogP contribution in [0.25, 0.3) is 21.8 Å². The van der Waals surface area contributed by atoms with Gasteiger partial charge < -0.3 is 5.73 Å². The molecule has 4 heteroatoms. The van der Waals surface area contributed by atoms with Crippen molar-refractivity contribution in [2.24, 2.45) is 0 Å². The number of pyridine rings is 1. The van der Waals surface area contributed by atoms with E-state index in [0.717, 1.165) is 21.8 Å². The van der Waals surface area contributed by atoms with Gasteiger partial charge in [-0.3, -0.25) is 4.68 Å². The van der Waals surface area contributed by atoms with Gasteiger partial charge >= 0.3 is 0 Å². The lowest BCUT2D eigenvalue weighted by atomic mass is 10.1. The maximum absolute atomic E-state index is 6.00. The highest BCUT2D eigenvalue weighted by molar-refractivity contribution is 6.09. The van der Waals surface area contributed by atoms with Crippen molar-refractivity contribution in [1.29, 1.82) is 0 Å². The number of hydrogen-bond donors (Lipinski definition) is 1. The lowest BCUT2D eigenvalue weighted by molar-refractivity contribution is 0.537. The van der Waals surface area contributed by atoms with Crippen molar-refractivity contribution in [3.05, 3.63) is 30.0 Å². The molecule has 0 saturated carbocycles. The number of anilines is 1. The minimum atomic E-state index is 0.316. The lowest BCUT2D eigenvalue weighted by Crippen LogP contribution is -2.00. The molecule has 0 atom stereocenters. The van der Waals surface area contributed by atoms with Crippen LogP contribution in [0.2, 0.25) is 0 Å². The zero-order valence-electron chi connectivity index (χ0n) is 10.8. The van der Waals surface area contributed by atoms with Gasteiger partial charge in [-0.05, 0) is 32.4 Å². The molecule has 2 N–H and O–H groups in total. The van der Waals surface area contributed by atoms with E-state index in [2.05, 4.69) is 43.1 Å². The molecule has 0 aliphatic carbocycles. The number of nitrogen functional groups attached to an aromatic ring is 1. The van der Waals surface area contributed by atoms with Crippen molar-refractivity contribution >= 4 is 27.6 Å². The van der Waals surface area contributed by atoms with Gasteiger partial charge in [-0.1, -0.05) is 12.1 Å². The summed E-state index contributed by atoms with van der Waals surface area (Å²) in [7, 11) is 0. The second-order valence-electron chi connectivity index (χ2n) is 4.93. The van der Waals surface area contributed by atoms with Crippen LogP contribution >= 0.6 is 0 Å². The SMILES string of the molecule is Cc1cccc2nc(N)c3nn(C(C)C)cc3c12. The summed E-state index contributed by atoms with van der Waals surface area (Å²) in [5, 5.41) is 6.77. The Balaban J connectivity index is 2.51. The molecule has 0 fully saturated rings. The summed E-state index contributed by atoms with van der Waals surface area (Å²) < 4.78 is 1.94.